The quantitative estimate of drug-likeness (QED) is 0.442. The summed E-state index contributed by atoms with van der Waals surface area (Å²) in [5.41, 5.74) is 6.38. The molecule has 0 spiro atoms. The topological polar surface area (TPSA) is 112 Å². The molecule has 2 aliphatic heterocycles. The number of rotatable bonds is 3. The lowest BCUT2D eigenvalue weighted by molar-refractivity contribution is -0.122. The number of fused-ring (bicyclic) bond motifs is 1. The Hall–Kier alpha value is -1.47. The smallest absolute Gasteiger partial charge is 0.255 e. The maximum atomic E-state index is 11.6. The molecule has 1 saturated heterocycles. The standard InChI is InChI=1S/C9H15N5O2/c10-9-13-7-6(8(16)14-9)12-5(4-11-7)2-1-3-15/h6,9,15H,1-4,10H2,(H,11,13)(H,14,16). The first-order valence-electron chi connectivity index (χ1n) is 5.24. The van der Waals surface area contributed by atoms with Crippen molar-refractivity contribution in [2.24, 2.45) is 15.7 Å². The second-order valence-electron chi connectivity index (χ2n) is 3.76. The highest BCUT2D eigenvalue weighted by Gasteiger charge is 2.33. The van der Waals surface area contributed by atoms with E-state index in [2.05, 4.69) is 20.6 Å². The lowest BCUT2D eigenvalue weighted by atomic mass is 10.1. The third kappa shape index (κ3) is 2.20. The van der Waals surface area contributed by atoms with Gasteiger partial charge in [0, 0.05) is 12.3 Å². The van der Waals surface area contributed by atoms with Crippen LogP contribution >= 0.6 is 0 Å². The van der Waals surface area contributed by atoms with E-state index in [0.717, 1.165) is 5.71 Å². The number of hydrogen-bond acceptors (Lipinski definition) is 6. The van der Waals surface area contributed by atoms with Crippen LogP contribution in [0.15, 0.2) is 9.98 Å². The Balaban J connectivity index is 2.06. The third-order valence-electron chi connectivity index (χ3n) is 2.48. The van der Waals surface area contributed by atoms with Gasteiger partial charge in [0.1, 0.15) is 5.84 Å². The first-order chi connectivity index (χ1) is 7.70. The van der Waals surface area contributed by atoms with Crippen molar-refractivity contribution in [1.82, 2.24) is 10.6 Å². The molecule has 1 amide bonds. The summed E-state index contributed by atoms with van der Waals surface area (Å²) in [6.45, 7) is 0.592. The van der Waals surface area contributed by atoms with Crippen LogP contribution < -0.4 is 16.4 Å². The zero-order chi connectivity index (χ0) is 11.5. The number of nitrogens with one attached hydrogen (secondary N) is 2. The van der Waals surface area contributed by atoms with Crippen molar-refractivity contribution in [3.8, 4) is 0 Å². The highest BCUT2D eigenvalue weighted by atomic mass is 16.2. The molecule has 88 valence electrons. The number of aliphatic hydroxyl groups is 1. The van der Waals surface area contributed by atoms with E-state index < -0.39 is 12.3 Å². The predicted molar refractivity (Wildman–Crippen MR) is 59.1 cm³/mol. The minimum Gasteiger partial charge on any atom is -0.396 e. The highest BCUT2D eigenvalue weighted by molar-refractivity contribution is 6.12. The number of nitrogens with zero attached hydrogens (tertiary/aromatic N) is 2. The first-order valence-corrected chi connectivity index (χ1v) is 5.24. The van der Waals surface area contributed by atoms with Crippen LogP contribution in [0, 0.1) is 0 Å². The maximum absolute atomic E-state index is 11.6. The summed E-state index contributed by atoms with van der Waals surface area (Å²) in [7, 11) is 0. The average molecular weight is 225 g/mol. The molecule has 1 fully saturated rings. The Morgan fingerprint density at radius 1 is 1.50 bits per heavy atom. The van der Waals surface area contributed by atoms with Crippen LogP contribution in [0.3, 0.4) is 0 Å². The van der Waals surface area contributed by atoms with Gasteiger partial charge in [0.25, 0.3) is 5.91 Å². The average Bonchev–Trinajstić information content (AvgIpc) is 2.26. The number of nitrogens with two attached hydrogens (primary N) is 1. The van der Waals surface area contributed by atoms with Crippen LogP contribution in [-0.4, -0.2) is 48.0 Å². The monoisotopic (exact) mass is 225 g/mol. The van der Waals surface area contributed by atoms with Gasteiger partial charge in [-0.3, -0.25) is 20.5 Å². The zero-order valence-corrected chi connectivity index (χ0v) is 8.81. The molecule has 0 aromatic heterocycles. The summed E-state index contributed by atoms with van der Waals surface area (Å²) >= 11 is 0. The molecular weight excluding hydrogens is 210 g/mol. The van der Waals surface area contributed by atoms with Gasteiger partial charge in [-0.25, -0.2) is 0 Å². The second kappa shape index (κ2) is 4.58. The van der Waals surface area contributed by atoms with Gasteiger partial charge in [0.2, 0.25) is 0 Å². The van der Waals surface area contributed by atoms with Crippen molar-refractivity contribution in [3.63, 3.8) is 0 Å². The molecule has 0 aromatic carbocycles. The number of amides is 1. The van der Waals surface area contributed by atoms with Crippen molar-refractivity contribution in [2.45, 2.75) is 25.2 Å². The molecule has 2 aliphatic rings. The summed E-state index contributed by atoms with van der Waals surface area (Å²) in [6.07, 6.45) is 0.727. The summed E-state index contributed by atoms with van der Waals surface area (Å²) in [4.78, 5) is 20.1. The summed E-state index contributed by atoms with van der Waals surface area (Å²) in [6, 6.07) is -0.595. The van der Waals surface area contributed by atoms with E-state index >= 15 is 0 Å². The number of aliphatic imine (C=N–C) groups is 2. The van der Waals surface area contributed by atoms with E-state index in [-0.39, 0.29) is 12.5 Å². The van der Waals surface area contributed by atoms with Crippen LogP contribution in [-0.2, 0) is 4.79 Å². The Kier molecular flexibility index (Phi) is 3.16. The number of carbonyl (C=O) groups excluding carboxylic acids is 1. The van der Waals surface area contributed by atoms with Crippen LogP contribution in [0.25, 0.3) is 0 Å². The van der Waals surface area contributed by atoms with Crippen LogP contribution in [0.2, 0.25) is 0 Å². The Morgan fingerprint density at radius 3 is 3.06 bits per heavy atom. The van der Waals surface area contributed by atoms with Gasteiger partial charge >= 0.3 is 0 Å². The Morgan fingerprint density at radius 2 is 2.31 bits per heavy atom. The fraction of sp³-hybridized carbons (Fsp3) is 0.667. The molecule has 2 rings (SSSR count). The van der Waals surface area contributed by atoms with Crippen molar-refractivity contribution < 1.29 is 9.90 Å². The fourth-order valence-corrected chi connectivity index (χ4v) is 1.71. The molecule has 16 heavy (non-hydrogen) atoms. The van der Waals surface area contributed by atoms with Crippen molar-refractivity contribution >= 4 is 17.5 Å². The maximum Gasteiger partial charge on any atom is 0.255 e. The van der Waals surface area contributed by atoms with Gasteiger partial charge in [0.15, 0.2) is 12.3 Å². The van der Waals surface area contributed by atoms with Crippen LogP contribution in [0.1, 0.15) is 12.8 Å². The van der Waals surface area contributed by atoms with Crippen molar-refractivity contribution in [3.05, 3.63) is 0 Å². The van der Waals surface area contributed by atoms with Gasteiger partial charge in [-0.1, -0.05) is 0 Å². The summed E-state index contributed by atoms with van der Waals surface area (Å²) < 4.78 is 0. The molecule has 0 aliphatic carbocycles. The van der Waals surface area contributed by atoms with Crippen molar-refractivity contribution in [1.29, 1.82) is 0 Å². The lowest BCUT2D eigenvalue weighted by Gasteiger charge is -2.30. The van der Waals surface area contributed by atoms with E-state index in [1.54, 1.807) is 0 Å². The molecule has 5 N–H and O–H groups in total. The molecule has 0 aromatic rings. The number of amidine groups is 1. The molecule has 0 radical (unpaired) electrons. The van der Waals surface area contributed by atoms with Crippen LogP contribution in [0.4, 0.5) is 0 Å². The largest absolute Gasteiger partial charge is 0.396 e. The first kappa shape index (κ1) is 11.0. The molecule has 7 heteroatoms. The Bertz CT molecular complexity index is 352. The molecule has 0 bridgehead atoms. The van der Waals surface area contributed by atoms with Gasteiger partial charge < -0.3 is 15.7 Å². The fourth-order valence-electron chi connectivity index (χ4n) is 1.71. The molecular formula is C9H15N5O2. The van der Waals surface area contributed by atoms with E-state index in [4.69, 9.17) is 10.8 Å². The van der Waals surface area contributed by atoms with Gasteiger partial charge in [0.05, 0.1) is 6.54 Å². The summed E-state index contributed by atoms with van der Waals surface area (Å²) in [5.74, 6) is 0.301. The molecule has 0 saturated carbocycles. The molecule has 2 heterocycles. The van der Waals surface area contributed by atoms with E-state index in [1.165, 1.54) is 0 Å². The van der Waals surface area contributed by atoms with E-state index in [0.29, 0.717) is 25.2 Å². The second-order valence-corrected chi connectivity index (χ2v) is 3.76. The number of carbonyl (C=O) groups is 1. The molecule has 7 nitrogen and oxygen atoms in total. The van der Waals surface area contributed by atoms with Gasteiger partial charge in [-0.2, -0.15) is 0 Å². The summed E-state index contributed by atoms with van der Waals surface area (Å²) in [5, 5.41) is 14.1. The SMILES string of the molecule is NC1NC(=O)C2N=C(CCCO)CN=C2N1. The van der Waals surface area contributed by atoms with Gasteiger partial charge in [-0.05, 0) is 12.8 Å². The molecule has 2 unspecified atom stereocenters. The lowest BCUT2D eigenvalue weighted by Crippen LogP contribution is -2.65. The normalized spacial score (nSPS) is 28.5. The Labute approximate surface area is 92.8 Å². The zero-order valence-electron chi connectivity index (χ0n) is 8.81. The minimum atomic E-state index is -0.595. The minimum absolute atomic E-state index is 0.121. The van der Waals surface area contributed by atoms with Gasteiger partial charge in [-0.15, -0.1) is 0 Å². The highest BCUT2D eigenvalue weighted by Crippen LogP contribution is 2.08. The van der Waals surface area contributed by atoms with Crippen molar-refractivity contribution in [2.75, 3.05) is 13.2 Å². The third-order valence-corrected chi connectivity index (χ3v) is 2.48. The van der Waals surface area contributed by atoms with E-state index in [9.17, 15) is 4.79 Å². The molecule has 2 atom stereocenters. The van der Waals surface area contributed by atoms with E-state index in [1.807, 2.05) is 0 Å². The predicted octanol–water partition coefficient (Wildman–Crippen LogP) is -2.06. The number of aliphatic hydroxyl groups excluding tert-OH is 1. The van der Waals surface area contributed by atoms with Crippen LogP contribution in [0.5, 0.6) is 0 Å². The number of hydrogen-bond donors (Lipinski definition) is 4.